The van der Waals surface area contributed by atoms with Crippen LogP contribution in [0.25, 0.3) is 0 Å². The number of carboxylic acids is 1. The Morgan fingerprint density at radius 3 is 2.43 bits per heavy atom. The zero-order chi connectivity index (χ0) is 15.9. The molecule has 0 aromatic rings. The molecule has 0 unspecified atom stereocenters. The van der Waals surface area contributed by atoms with E-state index in [1.165, 1.54) is 0 Å². The Morgan fingerprint density at radius 1 is 1.29 bits per heavy atom. The van der Waals surface area contributed by atoms with E-state index in [2.05, 4.69) is 17.6 Å². The Balaban J connectivity index is 2.43. The number of nitrogens with one attached hydrogen (secondary N) is 2. The minimum absolute atomic E-state index is 0.0678. The maximum Gasteiger partial charge on any atom is 0.329 e. The molecule has 2 amide bonds. The van der Waals surface area contributed by atoms with Gasteiger partial charge in [-0.15, -0.1) is 0 Å². The molecule has 0 bridgehead atoms. The third kappa shape index (κ3) is 5.24. The van der Waals surface area contributed by atoms with Gasteiger partial charge in [0, 0.05) is 6.54 Å². The van der Waals surface area contributed by atoms with Crippen molar-refractivity contribution in [3.05, 3.63) is 0 Å². The van der Waals surface area contributed by atoms with Gasteiger partial charge in [-0.2, -0.15) is 0 Å². The van der Waals surface area contributed by atoms with Crippen molar-refractivity contribution in [1.82, 2.24) is 10.6 Å². The second-order valence-electron chi connectivity index (χ2n) is 5.51. The van der Waals surface area contributed by atoms with Crippen LogP contribution in [0.1, 0.15) is 46.0 Å². The van der Waals surface area contributed by atoms with E-state index >= 15 is 0 Å². The summed E-state index contributed by atoms with van der Waals surface area (Å²) in [5.41, 5.74) is -1.19. The van der Waals surface area contributed by atoms with Crippen molar-refractivity contribution in [2.45, 2.75) is 51.5 Å². The van der Waals surface area contributed by atoms with Gasteiger partial charge in [0.2, 0.25) is 0 Å². The molecule has 0 atom stereocenters. The molecular formula is C14H24N2O5. The van der Waals surface area contributed by atoms with Gasteiger partial charge >= 0.3 is 18.0 Å². The summed E-state index contributed by atoms with van der Waals surface area (Å²) < 4.78 is 4.74. The predicted molar refractivity (Wildman–Crippen MR) is 75.8 cm³/mol. The third-order valence-corrected chi connectivity index (χ3v) is 3.81. The number of carboxylic acid groups (broad SMARTS) is 1. The molecule has 0 aromatic carbocycles. The maximum absolute atomic E-state index is 11.8. The van der Waals surface area contributed by atoms with Gasteiger partial charge in [-0.1, -0.05) is 6.92 Å². The van der Waals surface area contributed by atoms with Crippen LogP contribution in [0.3, 0.4) is 0 Å². The van der Waals surface area contributed by atoms with Crippen LogP contribution in [0.15, 0.2) is 0 Å². The molecule has 120 valence electrons. The smallest absolute Gasteiger partial charge is 0.329 e. The van der Waals surface area contributed by atoms with Crippen molar-refractivity contribution in [2.75, 3.05) is 13.2 Å². The quantitative estimate of drug-likeness (QED) is 0.641. The highest BCUT2D eigenvalue weighted by atomic mass is 16.5. The minimum atomic E-state index is -1.19. The molecule has 0 aromatic heterocycles. The molecule has 7 heteroatoms. The molecule has 1 aliphatic carbocycles. The van der Waals surface area contributed by atoms with E-state index in [9.17, 15) is 19.5 Å². The van der Waals surface area contributed by atoms with Crippen LogP contribution >= 0.6 is 0 Å². The van der Waals surface area contributed by atoms with Crippen molar-refractivity contribution in [3.8, 4) is 0 Å². The van der Waals surface area contributed by atoms with E-state index in [-0.39, 0.29) is 13.0 Å². The van der Waals surface area contributed by atoms with Crippen LogP contribution in [-0.2, 0) is 14.3 Å². The number of hydrogen-bond acceptors (Lipinski definition) is 4. The lowest BCUT2D eigenvalue weighted by atomic mass is 9.77. The van der Waals surface area contributed by atoms with E-state index in [1.807, 2.05) is 0 Å². The first kappa shape index (κ1) is 17.3. The van der Waals surface area contributed by atoms with Crippen molar-refractivity contribution >= 4 is 18.0 Å². The Hall–Kier alpha value is -1.79. The van der Waals surface area contributed by atoms with Crippen molar-refractivity contribution < 1.29 is 24.2 Å². The fourth-order valence-corrected chi connectivity index (χ4v) is 2.42. The summed E-state index contributed by atoms with van der Waals surface area (Å²) in [7, 11) is 0. The second-order valence-corrected chi connectivity index (χ2v) is 5.51. The summed E-state index contributed by atoms with van der Waals surface area (Å²) in [6.07, 6.45) is 2.47. The van der Waals surface area contributed by atoms with Gasteiger partial charge in [0.25, 0.3) is 0 Å². The van der Waals surface area contributed by atoms with Crippen LogP contribution in [-0.4, -0.2) is 41.8 Å². The van der Waals surface area contributed by atoms with E-state index in [0.717, 1.165) is 12.8 Å². The third-order valence-electron chi connectivity index (χ3n) is 3.81. The molecule has 7 nitrogen and oxygen atoms in total. The zero-order valence-corrected chi connectivity index (χ0v) is 12.6. The lowest BCUT2D eigenvalue weighted by Gasteiger charge is -2.36. The molecule has 0 radical (unpaired) electrons. The van der Waals surface area contributed by atoms with Crippen LogP contribution in [0.5, 0.6) is 0 Å². The molecule has 0 spiro atoms. The van der Waals surface area contributed by atoms with Crippen molar-refractivity contribution in [2.24, 2.45) is 5.92 Å². The van der Waals surface area contributed by atoms with E-state index in [1.54, 1.807) is 6.92 Å². The van der Waals surface area contributed by atoms with Crippen LogP contribution in [0.4, 0.5) is 4.79 Å². The molecule has 3 N–H and O–H groups in total. The molecule has 1 aliphatic rings. The molecule has 21 heavy (non-hydrogen) atoms. The fourth-order valence-electron chi connectivity index (χ4n) is 2.42. The Bertz CT molecular complexity index is 389. The minimum Gasteiger partial charge on any atom is -0.480 e. The Labute approximate surface area is 124 Å². The molecule has 1 rings (SSSR count). The van der Waals surface area contributed by atoms with Crippen LogP contribution in [0.2, 0.25) is 0 Å². The van der Waals surface area contributed by atoms with Crippen molar-refractivity contribution in [3.63, 3.8) is 0 Å². The number of urea groups is 1. The summed E-state index contributed by atoms with van der Waals surface area (Å²) in [6, 6.07) is -0.559. The number of carbonyl (C=O) groups excluding carboxylic acids is 2. The van der Waals surface area contributed by atoms with Gasteiger partial charge in [-0.05, 0) is 38.5 Å². The number of aliphatic carboxylic acids is 1. The zero-order valence-electron chi connectivity index (χ0n) is 12.6. The van der Waals surface area contributed by atoms with Gasteiger partial charge in [0.1, 0.15) is 5.54 Å². The monoisotopic (exact) mass is 300 g/mol. The highest BCUT2D eigenvalue weighted by Gasteiger charge is 2.42. The SMILES string of the molecule is CCOC(=O)CCNC(=O)NC1(C(=O)O)CCC(C)CC1. The number of rotatable bonds is 6. The van der Waals surface area contributed by atoms with Gasteiger partial charge < -0.3 is 20.5 Å². The van der Waals surface area contributed by atoms with Gasteiger partial charge in [0.05, 0.1) is 13.0 Å². The normalized spacial score (nSPS) is 25.0. The largest absolute Gasteiger partial charge is 0.480 e. The van der Waals surface area contributed by atoms with E-state index < -0.39 is 23.5 Å². The number of carbonyl (C=O) groups is 3. The maximum atomic E-state index is 11.8. The first-order valence-electron chi connectivity index (χ1n) is 7.34. The van der Waals surface area contributed by atoms with Gasteiger partial charge in [0.15, 0.2) is 0 Å². The molecule has 0 aliphatic heterocycles. The molecular weight excluding hydrogens is 276 g/mol. The molecule has 1 fully saturated rings. The molecule has 0 heterocycles. The number of amides is 2. The standard InChI is InChI=1S/C14H24N2O5/c1-3-21-11(17)6-9-15-13(20)16-14(12(18)19)7-4-10(2)5-8-14/h10H,3-9H2,1-2H3,(H,18,19)(H2,15,16,20). The summed E-state index contributed by atoms with van der Waals surface area (Å²) in [6.45, 7) is 4.20. The molecule has 1 saturated carbocycles. The lowest BCUT2D eigenvalue weighted by molar-refractivity contribution is -0.146. The summed E-state index contributed by atoms with van der Waals surface area (Å²) >= 11 is 0. The van der Waals surface area contributed by atoms with Gasteiger partial charge in [-0.25, -0.2) is 9.59 Å². The van der Waals surface area contributed by atoms with Gasteiger partial charge in [-0.3, -0.25) is 4.79 Å². The van der Waals surface area contributed by atoms with Crippen LogP contribution in [0, 0.1) is 5.92 Å². The van der Waals surface area contributed by atoms with Crippen molar-refractivity contribution in [1.29, 1.82) is 0 Å². The highest BCUT2D eigenvalue weighted by molar-refractivity contribution is 5.86. The second kappa shape index (κ2) is 7.85. The fraction of sp³-hybridized carbons (Fsp3) is 0.786. The number of esters is 1. The Morgan fingerprint density at radius 2 is 1.90 bits per heavy atom. The van der Waals surface area contributed by atoms with E-state index in [0.29, 0.717) is 25.4 Å². The average molecular weight is 300 g/mol. The van der Waals surface area contributed by atoms with Crippen LogP contribution < -0.4 is 10.6 Å². The summed E-state index contributed by atoms with van der Waals surface area (Å²) in [5.74, 6) is -0.918. The number of hydrogen-bond donors (Lipinski definition) is 3. The first-order chi connectivity index (χ1) is 9.89. The van der Waals surface area contributed by atoms with E-state index in [4.69, 9.17) is 4.74 Å². The first-order valence-corrected chi connectivity index (χ1v) is 7.34. The topological polar surface area (TPSA) is 105 Å². The Kier molecular flexibility index (Phi) is 6.45. The highest BCUT2D eigenvalue weighted by Crippen LogP contribution is 2.32. The summed E-state index contributed by atoms with van der Waals surface area (Å²) in [5, 5.41) is 14.4. The average Bonchev–Trinajstić information content (AvgIpc) is 2.41. The predicted octanol–water partition coefficient (Wildman–Crippen LogP) is 1.27. The molecule has 0 saturated heterocycles. The number of ether oxygens (including phenoxy) is 1. The lowest BCUT2D eigenvalue weighted by Crippen LogP contribution is -2.58. The summed E-state index contributed by atoms with van der Waals surface area (Å²) in [4.78, 5) is 34.4.